The molecule has 3 N–H and O–H groups in total. The van der Waals surface area contributed by atoms with Gasteiger partial charge in [0.05, 0.1) is 29.6 Å². The Bertz CT molecular complexity index is 1330. The fourth-order valence-corrected chi connectivity index (χ4v) is 3.77. The second-order valence-corrected chi connectivity index (χ2v) is 7.47. The molecule has 1 amide bonds. The molecule has 29 heavy (non-hydrogen) atoms. The van der Waals surface area contributed by atoms with Crippen molar-refractivity contribution >= 4 is 39.1 Å². The molecule has 7 heteroatoms. The van der Waals surface area contributed by atoms with Gasteiger partial charge in [0.25, 0.3) is 0 Å². The molecule has 0 spiro atoms. The highest BCUT2D eigenvalue weighted by atomic mass is 16.2. The van der Waals surface area contributed by atoms with E-state index in [4.69, 9.17) is 11.0 Å². The summed E-state index contributed by atoms with van der Waals surface area (Å²) in [6.45, 7) is 0. The van der Waals surface area contributed by atoms with E-state index in [2.05, 4.69) is 27.4 Å². The van der Waals surface area contributed by atoms with Crippen LogP contribution in [0, 0.1) is 23.2 Å². The Hall–Kier alpha value is -3.92. The minimum absolute atomic E-state index is 0.161. The molecule has 0 aliphatic heterocycles. The molecule has 0 bridgehead atoms. The highest BCUT2D eigenvalue weighted by Gasteiger charge is 2.43. The van der Waals surface area contributed by atoms with Gasteiger partial charge in [-0.25, -0.2) is 4.98 Å². The van der Waals surface area contributed by atoms with E-state index < -0.39 is 0 Å². The number of aryl methyl sites for hydroxylation is 1. The number of aromatic nitrogens is 3. The lowest BCUT2D eigenvalue weighted by Crippen LogP contribution is -2.15. The maximum Gasteiger partial charge on any atom is 0.230 e. The third-order valence-electron chi connectivity index (χ3n) is 5.54. The SMILES string of the molecule is Cn1ccc2c(-c3cc(N)c4cnc(NC(=O)[C@@H]5CC5C#N)cc4c3)cncc21. The molecule has 5 rings (SSSR count). The first-order valence-electron chi connectivity index (χ1n) is 9.34. The Labute approximate surface area is 166 Å². The number of pyridine rings is 2. The number of amides is 1. The van der Waals surface area contributed by atoms with Crippen molar-refractivity contribution in [3.63, 3.8) is 0 Å². The van der Waals surface area contributed by atoms with Crippen LogP contribution in [0.3, 0.4) is 0 Å². The molecule has 2 atom stereocenters. The number of nitrogens with two attached hydrogens (primary N) is 1. The molecule has 3 heterocycles. The van der Waals surface area contributed by atoms with Crippen LogP contribution in [0.1, 0.15) is 6.42 Å². The largest absolute Gasteiger partial charge is 0.398 e. The van der Waals surface area contributed by atoms with Gasteiger partial charge in [-0.1, -0.05) is 0 Å². The topological polar surface area (TPSA) is 110 Å². The normalized spacial score (nSPS) is 17.9. The van der Waals surface area contributed by atoms with Crippen LogP contribution < -0.4 is 11.1 Å². The highest BCUT2D eigenvalue weighted by Crippen LogP contribution is 2.39. The fourth-order valence-electron chi connectivity index (χ4n) is 3.77. The van der Waals surface area contributed by atoms with E-state index in [9.17, 15) is 4.79 Å². The van der Waals surface area contributed by atoms with E-state index in [0.29, 0.717) is 17.9 Å². The number of hydrogen-bond acceptors (Lipinski definition) is 5. The second-order valence-electron chi connectivity index (χ2n) is 7.47. The fraction of sp³-hybridized carbons (Fsp3) is 0.182. The van der Waals surface area contributed by atoms with E-state index in [1.165, 1.54) is 0 Å². The summed E-state index contributed by atoms with van der Waals surface area (Å²) < 4.78 is 2.03. The summed E-state index contributed by atoms with van der Waals surface area (Å²) in [5.41, 5.74) is 9.90. The molecule has 0 saturated heterocycles. The lowest BCUT2D eigenvalue weighted by Gasteiger charge is -2.10. The van der Waals surface area contributed by atoms with Crippen LogP contribution in [-0.2, 0) is 11.8 Å². The van der Waals surface area contributed by atoms with Gasteiger partial charge < -0.3 is 15.6 Å². The predicted molar refractivity (Wildman–Crippen MR) is 112 cm³/mol. The molecule has 3 aromatic heterocycles. The van der Waals surface area contributed by atoms with Crippen molar-refractivity contribution in [2.75, 3.05) is 11.1 Å². The molecular weight excluding hydrogens is 364 g/mol. The second kappa shape index (κ2) is 6.31. The number of nitrogen functional groups attached to an aromatic ring is 1. The predicted octanol–water partition coefficient (Wildman–Crippen LogP) is 3.47. The van der Waals surface area contributed by atoms with Gasteiger partial charge in [0.2, 0.25) is 5.91 Å². The minimum atomic E-state index is -0.240. The molecular formula is C22H18N6O. The van der Waals surface area contributed by atoms with E-state index in [1.54, 1.807) is 6.20 Å². The Kier molecular flexibility index (Phi) is 3.74. The summed E-state index contributed by atoms with van der Waals surface area (Å²) in [6.07, 6.45) is 7.96. The van der Waals surface area contributed by atoms with Crippen LogP contribution in [-0.4, -0.2) is 20.4 Å². The van der Waals surface area contributed by atoms with E-state index in [0.717, 1.165) is 32.8 Å². The zero-order chi connectivity index (χ0) is 20.1. The van der Waals surface area contributed by atoms with Crippen LogP contribution in [0.25, 0.3) is 32.8 Å². The summed E-state index contributed by atoms with van der Waals surface area (Å²) >= 11 is 0. The van der Waals surface area contributed by atoms with E-state index in [1.807, 2.05) is 48.4 Å². The monoisotopic (exact) mass is 382 g/mol. The number of nitriles is 1. The lowest BCUT2D eigenvalue weighted by atomic mass is 10.00. The van der Waals surface area contributed by atoms with Crippen molar-refractivity contribution in [1.29, 1.82) is 5.26 Å². The number of fused-ring (bicyclic) bond motifs is 2. The van der Waals surface area contributed by atoms with Gasteiger partial charge in [-0.2, -0.15) is 5.26 Å². The zero-order valence-corrected chi connectivity index (χ0v) is 15.8. The summed E-state index contributed by atoms with van der Waals surface area (Å²) in [5, 5.41) is 14.5. The summed E-state index contributed by atoms with van der Waals surface area (Å²) in [4.78, 5) is 20.9. The van der Waals surface area contributed by atoms with Gasteiger partial charge in [-0.15, -0.1) is 0 Å². The molecule has 7 nitrogen and oxygen atoms in total. The van der Waals surface area contributed by atoms with Crippen molar-refractivity contribution in [3.8, 4) is 17.2 Å². The van der Waals surface area contributed by atoms with Crippen molar-refractivity contribution in [2.45, 2.75) is 6.42 Å². The van der Waals surface area contributed by atoms with Crippen LogP contribution >= 0.6 is 0 Å². The van der Waals surface area contributed by atoms with Crippen LogP contribution in [0.2, 0.25) is 0 Å². The third kappa shape index (κ3) is 2.86. The van der Waals surface area contributed by atoms with Gasteiger partial charge in [-0.05, 0) is 41.6 Å². The average molecular weight is 382 g/mol. The number of rotatable bonds is 3. The molecule has 142 valence electrons. The van der Waals surface area contributed by atoms with Crippen molar-refractivity contribution in [1.82, 2.24) is 14.5 Å². The van der Waals surface area contributed by atoms with Gasteiger partial charge in [0, 0.05) is 47.7 Å². The number of carbonyl (C=O) groups is 1. The number of anilines is 2. The van der Waals surface area contributed by atoms with Gasteiger partial charge in [-0.3, -0.25) is 9.78 Å². The van der Waals surface area contributed by atoms with Crippen LogP contribution in [0.15, 0.2) is 49.1 Å². The Balaban J connectivity index is 1.56. The summed E-state index contributed by atoms with van der Waals surface area (Å²) in [5.74, 6) is -0.128. The Morgan fingerprint density at radius 1 is 1.28 bits per heavy atom. The quantitative estimate of drug-likeness (QED) is 0.527. The molecule has 0 radical (unpaired) electrons. The maximum absolute atomic E-state index is 12.2. The summed E-state index contributed by atoms with van der Waals surface area (Å²) in [6, 6.07) is 9.96. The molecule has 1 aromatic carbocycles. The first kappa shape index (κ1) is 17.2. The highest BCUT2D eigenvalue weighted by molar-refractivity contribution is 6.03. The third-order valence-corrected chi connectivity index (χ3v) is 5.54. The lowest BCUT2D eigenvalue weighted by molar-refractivity contribution is -0.117. The molecule has 1 aliphatic rings. The number of nitrogens with zero attached hydrogens (tertiary/aromatic N) is 4. The smallest absolute Gasteiger partial charge is 0.230 e. The van der Waals surface area contributed by atoms with Gasteiger partial charge in [0.1, 0.15) is 5.82 Å². The average Bonchev–Trinajstić information content (AvgIpc) is 3.43. The van der Waals surface area contributed by atoms with Gasteiger partial charge >= 0.3 is 0 Å². The first-order valence-corrected chi connectivity index (χ1v) is 9.34. The van der Waals surface area contributed by atoms with Crippen molar-refractivity contribution in [2.24, 2.45) is 18.9 Å². The number of nitrogens with one attached hydrogen (secondary N) is 1. The van der Waals surface area contributed by atoms with E-state index >= 15 is 0 Å². The van der Waals surface area contributed by atoms with E-state index in [-0.39, 0.29) is 17.7 Å². The molecule has 1 aliphatic carbocycles. The van der Waals surface area contributed by atoms with Gasteiger partial charge in [0.15, 0.2) is 0 Å². The molecule has 1 saturated carbocycles. The number of benzene rings is 1. The van der Waals surface area contributed by atoms with Crippen LogP contribution in [0.5, 0.6) is 0 Å². The Morgan fingerprint density at radius 3 is 2.93 bits per heavy atom. The molecule has 4 aromatic rings. The molecule has 1 unspecified atom stereocenters. The van der Waals surface area contributed by atoms with Crippen LogP contribution in [0.4, 0.5) is 11.5 Å². The van der Waals surface area contributed by atoms with Crippen molar-refractivity contribution < 1.29 is 4.79 Å². The zero-order valence-electron chi connectivity index (χ0n) is 15.8. The number of hydrogen-bond donors (Lipinski definition) is 2. The number of carbonyl (C=O) groups excluding carboxylic acids is 1. The molecule has 1 fully saturated rings. The first-order chi connectivity index (χ1) is 14.0. The standard InChI is InChI=1S/C22H18N6O/c1-28-3-2-15-17(9-25-11-20(15)28)12-4-13-7-21(26-10-18(13)19(24)6-12)27-22(29)16-5-14(16)8-23/h2-4,6-7,9-11,14,16H,5,24H2,1H3,(H,26,27,29)/t14?,16-/m1/s1. The van der Waals surface area contributed by atoms with Crippen molar-refractivity contribution in [3.05, 3.63) is 49.1 Å². The minimum Gasteiger partial charge on any atom is -0.398 e. The maximum atomic E-state index is 12.2. The Morgan fingerprint density at radius 2 is 2.14 bits per heavy atom. The summed E-state index contributed by atoms with van der Waals surface area (Å²) in [7, 11) is 1.99.